The highest BCUT2D eigenvalue weighted by atomic mass is 35.5. The van der Waals surface area contributed by atoms with Crippen LogP contribution in [0.3, 0.4) is 0 Å². The second-order valence-electron chi connectivity index (χ2n) is 5.03. The molecule has 1 aliphatic heterocycles. The maximum Gasteiger partial charge on any atom is 0.270 e. The van der Waals surface area contributed by atoms with Crippen LogP contribution in [0.2, 0.25) is 5.02 Å². The molecule has 2 rings (SSSR count). The van der Waals surface area contributed by atoms with Gasteiger partial charge in [-0.05, 0) is 19.4 Å². The Morgan fingerprint density at radius 3 is 2.78 bits per heavy atom. The SMILES string of the molecule is Cn1cc(Cl)cc1C(=O)N1CC[C@](C)(O)[C@H](O)C1. The van der Waals surface area contributed by atoms with Crippen LogP contribution in [0.4, 0.5) is 0 Å². The van der Waals surface area contributed by atoms with E-state index >= 15 is 0 Å². The van der Waals surface area contributed by atoms with Gasteiger partial charge in [0.05, 0.1) is 16.7 Å². The first-order valence-electron chi connectivity index (χ1n) is 5.83. The molecule has 1 aromatic rings. The number of halogens is 1. The van der Waals surface area contributed by atoms with E-state index in [2.05, 4.69) is 0 Å². The standard InChI is InChI=1S/C12H17ClN2O3/c1-12(18)3-4-15(7-10(12)16)11(17)9-5-8(13)6-14(9)2/h5-6,10,16,18H,3-4,7H2,1-2H3/t10-,12+/m1/s1. The fourth-order valence-electron chi connectivity index (χ4n) is 2.11. The zero-order valence-electron chi connectivity index (χ0n) is 10.4. The fourth-order valence-corrected chi connectivity index (χ4v) is 2.36. The fraction of sp³-hybridized carbons (Fsp3) is 0.583. The van der Waals surface area contributed by atoms with E-state index in [0.717, 1.165) is 0 Å². The molecule has 1 aliphatic rings. The summed E-state index contributed by atoms with van der Waals surface area (Å²) < 4.78 is 1.66. The number of aromatic nitrogens is 1. The zero-order chi connectivity index (χ0) is 13.5. The van der Waals surface area contributed by atoms with Crippen molar-refractivity contribution >= 4 is 17.5 Å². The molecule has 6 heteroatoms. The van der Waals surface area contributed by atoms with E-state index in [1.165, 1.54) is 4.90 Å². The smallest absolute Gasteiger partial charge is 0.270 e. The van der Waals surface area contributed by atoms with Crippen LogP contribution >= 0.6 is 11.6 Å². The van der Waals surface area contributed by atoms with Crippen molar-refractivity contribution in [3.63, 3.8) is 0 Å². The molecule has 5 nitrogen and oxygen atoms in total. The van der Waals surface area contributed by atoms with Crippen LogP contribution in [-0.4, -0.2) is 50.4 Å². The third kappa shape index (κ3) is 2.39. The highest BCUT2D eigenvalue weighted by Gasteiger charge is 2.38. The lowest BCUT2D eigenvalue weighted by atomic mass is 9.90. The number of aliphatic hydroxyl groups is 2. The van der Waals surface area contributed by atoms with Gasteiger partial charge in [-0.25, -0.2) is 0 Å². The second kappa shape index (κ2) is 4.57. The molecule has 0 aromatic carbocycles. The normalized spacial score (nSPS) is 28.5. The van der Waals surface area contributed by atoms with Gasteiger partial charge in [-0.2, -0.15) is 0 Å². The van der Waals surface area contributed by atoms with Crippen molar-refractivity contribution in [2.45, 2.75) is 25.0 Å². The molecule has 0 saturated carbocycles. The molecule has 0 spiro atoms. The number of hydrogen-bond acceptors (Lipinski definition) is 3. The highest BCUT2D eigenvalue weighted by molar-refractivity contribution is 6.31. The van der Waals surface area contributed by atoms with Crippen molar-refractivity contribution in [2.24, 2.45) is 7.05 Å². The van der Waals surface area contributed by atoms with Gasteiger partial charge in [-0.1, -0.05) is 11.6 Å². The molecular formula is C12H17ClN2O3. The van der Waals surface area contributed by atoms with Gasteiger partial charge in [0.15, 0.2) is 0 Å². The molecule has 0 radical (unpaired) electrons. The lowest BCUT2D eigenvalue weighted by Gasteiger charge is -2.39. The summed E-state index contributed by atoms with van der Waals surface area (Å²) in [6.07, 6.45) is 1.09. The number of nitrogens with zero attached hydrogens (tertiary/aromatic N) is 2. The van der Waals surface area contributed by atoms with Crippen molar-refractivity contribution in [3.8, 4) is 0 Å². The van der Waals surface area contributed by atoms with Gasteiger partial charge in [-0.3, -0.25) is 4.79 Å². The van der Waals surface area contributed by atoms with E-state index in [4.69, 9.17) is 11.6 Å². The van der Waals surface area contributed by atoms with Crippen LogP contribution in [-0.2, 0) is 7.05 Å². The summed E-state index contributed by atoms with van der Waals surface area (Å²) >= 11 is 5.84. The first-order valence-corrected chi connectivity index (χ1v) is 6.20. The molecule has 2 atom stereocenters. The van der Waals surface area contributed by atoms with Crippen LogP contribution in [0.5, 0.6) is 0 Å². The van der Waals surface area contributed by atoms with E-state index in [-0.39, 0.29) is 12.5 Å². The van der Waals surface area contributed by atoms with Gasteiger partial charge in [-0.15, -0.1) is 0 Å². The Bertz CT molecular complexity index is 470. The van der Waals surface area contributed by atoms with E-state index in [1.807, 2.05) is 0 Å². The first kappa shape index (κ1) is 13.4. The Labute approximate surface area is 111 Å². The minimum Gasteiger partial charge on any atom is -0.388 e. The van der Waals surface area contributed by atoms with Gasteiger partial charge >= 0.3 is 0 Å². The number of hydrogen-bond donors (Lipinski definition) is 2. The first-order chi connectivity index (χ1) is 8.31. The molecule has 0 unspecified atom stereocenters. The van der Waals surface area contributed by atoms with Crippen molar-refractivity contribution in [3.05, 3.63) is 23.0 Å². The predicted molar refractivity (Wildman–Crippen MR) is 67.6 cm³/mol. The van der Waals surface area contributed by atoms with Gasteiger partial charge in [0.25, 0.3) is 5.91 Å². The maximum absolute atomic E-state index is 12.2. The Morgan fingerprint density at radius 1 is 1.61 bits per heavy atom. The highest BCUT2D eigenvalue weighted by Crippen LogP contribution is 2.24. The minimum atomic E-state index is -1.12. The van der Waals surface area contributed by atoms with Gasteiger partial charge in [0.2, 0.25) is 0 Å². The third-order valence-corrected chi connectivity index (χ3v) is 3.68. The predicted octanol–water partition coefficient (Wildman–Crippen LogP) is 0.636. The number of β-amino-alcohol motifs (C(OH)–C–C–N with tert-alkyl or cyclic N) is 1. The van der Waals surface area contributed by atoms with E-state index in [9.17, 15) is 15.0 Å². The summed E-state index contributed by atoms with van der Waals surface area (Å²) in [7, 11) is 1.75. The average molecular weight is 273 g/mol. The Kier molecular flexibility index (Phi) is 3.40. The lowest BCUT2D eigenvalue weighted by Crippen LogP contribution is -2.55. The Hall–Kier alpha value is -1.04. The summed E-state index contributed by atoms with van der Waals surface area (Å²) in [4.78, 5) is 13.8. The van der Waals surface area contributed by atoms with Gasteiger partial charge < -0.3 is 19.7 Å². The summed E-state index contributed by atoms with van der Waals surface area (Å²) in [6.45, 7) is 2.14. The molecule has 18 heavy (non-hydrogen) atoms. The number of piperidine rings is 1. The molecule has 0 bridgehead atoms. The Morgan fingerprint density at radius 2 is 2.28 bits per heavy atom. The van der Waals surface area contributed by atoms with Crippen LogP contribution in [0.25, 0.3) is 0 Å². The molecule has 1 saturated heterocycles. The molecule has 0 aliphatic carbocycles. The van der Waals surface area contributed by atoms with Crippen LogP contribution in [0.1, 0.15) is 23.8 Å². The summed E-state index contributed by atoms with van der Waals surface area (Å²) in [6, 6.07) is 1.60. The second-order valence-corrected chi connectivity index (χ2v) is 5.47. The van der Waals surface area contributed by atoms with E-state index in [0.29, 0.717) is 23.7 Å². The summed E-state index contributed by atoms with van der Waals surface area (Å²) in [5.41, 5.74) is -0.642. The van der Waals surface area contributed by atoms with Crippen molar-refractivity contribution in [1.82, 2.24) is 9.47 Å². The van der Waals surface area contributed by atoms with Gasteiger partial charge in [0, 0.05) is 26.3 Å². The average Bonchev–Trinajstić information content (AvgIpc) is 2.61. The topological polar surface area (TPSA) is 65.7 Å². The monoisotopic (exact) mass is 272 g/mol. The molecule has 100 valence electrons. The Balaban J connectivity index is 2.14. The number of rotatable bonds is 1. The molecule has 2 N–H and O–H groups in total. The van der Waals surface area contributed by atoms with E-state index in [1.54, 1.807) is 30.8 Å². The van der Waals surface area contributed by atoms with Crippen LogP contribution in [0.15, 0.2) is 12.3 Å². The zero-order valence-corrected chi connectivity index (χ0v) is 11.2. The molecular weight excluding hydrogens is 256 g/mol. The summed E-state index contributed by atoms with van der Waals surface area (Å²) in [5.74, 6) is -0.182. The minimum absolute atomic E-state index is 0.134. The number of carbonyl (C=O) groups excluding carboxylic acids is 1. The summed E-state index contributed by atoms with van der Waals surface area (Å²) in [5, 5.41) is 20.2. The molecule has 1 fully saturated rings. The van der Waals surface area contributed by atoms with E-state index < -0.39 is 11.7 Å². The number of carbonyl (C=O) groups is 1. The number of likely N-dealkylation sites (tertiary alicyclic amines) is 1. The van der Waals surface area contributed by atoms with Crippen LogP contribution in [0, 0.1) is 0 Å². The third-order valence-electron chi connectivity index (χ3n) is 3.48. The van der Waals surface area contributed by atoms with Gasteiger partial charge in [0.1, 0.15) is 5.69 Å². The molecule has 2 heterocycles. The maximum atomic E-state index is 12.2. The number of aliphatic hydroxyl groups excluding tert-OH is 1. The van der Waals surface area contributed by atoms with Crippen LogP contribution < -0.4 is 0 Å². The largest absolute Gasteiger partial charge is 0.388 e. The quantitative estimate of drug-likeness (QED) is 0.788. The molecule has 1 amide bonds. The number of aryl methyl sites for hydroxylation is 1. The van der Waals surface area contributed by atoms with Crippen molar-refractivity contribution in [2.75, 3.05) is 13.1 Å². The van der Waals surface area contributed by atoms with Crippen molar-refractivity contribution < 1.29 is 15.0 Å². The molecule has 1 aromatic heterocycles. The lowest BCUT2D eigenvalue weighted by molar-refractivity contribution is -0.1000. The number of amides is 1. The van der Waals surface area contributed by atoms with Crippen molar-refractivity contribution in [1.29, 1.82) is 0 Å².